The zero-order valence-electron chi connectivity index (χ0n) is 21.6. The molecule has 0 saturated heterocycles. The number of carbonyl (C=O) groups excluding carboxylic acids is 2. The highest BCUT2D eigenvalue weighted by molar-refractivity contribution is 5.93. The van der Waals surface area contributed by atoms with Gasteiger partial charge in [0, 0.05) is 48.6 Å². The minimum atomic E-state index is -0.622. The number of rotatable bonds is 15. The molecule has 1 aliphatic rings. The van der Waals surface area contributed by atoms with Crippen molar-refractivity contribution in [3.05, 3.63) is 48.7 Å². The summed E-state index contributed by atoms with van der Waals surface area (Å²) in [6, 6.07) is 9.63. The molecule has 36 heavy (non-hydrogen) atoms. The molecule has 196 valence electrons. The third kappa shape index (κ3) is 8.52. The number of hydrogen-bond acceptors (Lipinski definition) is 5. The number of benzene rings is 1. The predicted octanol–water partition coefficient (Wildman–Crippen LogP) is 5.83. The first-order valence-electron chi connectivity index (χ1n) is 13.7. The Balaban J connectivity index is 1.36. The number of nitrogens with one attached hydrogen (secondary N) is 1. The van der Waals surface area contributed by atoms with E-state index in [-0.39, 0.29) is 42.5 Å². The molecule has 0 radical (unpaired) electrons. The first-order valence-corrected chi connectivity index (χ1v) is 13.7. The van der Waals surface area contributed by atoms with Crippen molar-refractivity contribution < 1.29 is 19.8 Å². The van der Waals surface area contributed by atoms with Crippen molar-refractivity contribution in [3.63, 3.8) is 0 Å². The Hall–Kier alpha value is -2.57. The SMILES string of the molecule is CCCCC[C@@H](/C=C/[C@H]1[C@H](O)CC(=O)[C@@H]1CCCCCCC(=O)Nc1ccc2cccnc2c1)CO. The second-order valence-corrected chi connectivity index (χ2v) is 10.2. The number of unbranched alkanes of at least 4 members (excludes halogenated alkanes) is 5. The van der Waals surface area contributed by atoms with Gasteiger partial charge in [-0.1, -0.05) is 69.7 Å². The average molecular weight is 495 g/mol. The van der Waals surface area contributed by atoms with E-state index in [9.17, 15) is 19.8 Å². The summed E-state index contributed by atoms with van der Waals surface area (Å²) in [5, 5.41) is 24.1. The van der Waals surface area contributed by atoms with Crippen molar-refractivity contribution in [2.45, 2.75) is 83.7 Å². The van der Waals surface area contributed by atoms with Crippen LogP contribution in [0, 0.1) is 17.8 Å². The average Bonchev–Trinajstić information content (AvgIpc) is 3.15. The van der Waals surface area contributed by atoms with Crippen molar-refractivity contribution in [2.75, 3.05) is 11.9 Å². The van der Waals surface area contributed by atoms with Crippen LogP contribution in [-0.2, 0) is 9.59 Å². The zero-order chi connectivity index (χ0) is 25.8. The molecule has 1 aromatic heterocycles. The lowest BCUT2D eigenvalue weighted by atomic mass is 9.87. The van der Waals surface area contributed by atoms with Gasteiger partial charge in [0.15, 0.2) is 0 Å². The molecule has 0 aliphatic heterocycles. The van der Waals surface area contributed by atoms with Crippen molar-refractivity contribution in [3.8, 4) is 0 Å². The Morgan fingerprint density at radius 3 is 2.81 bits per heavy atom. The number of pyridine rings is 1. The largest absolute Gasteiger partial charge is 0.396 e. The molecule has 1 heterocycles. The second kappa shape index (κ2) is 14.9. The van der Waals surface area contributed by atoms with E-state index in [4.69, 9.17) is 0 Å². The first-order chi connectivity index (χ1) is 17.5. The lowest BCUT2D eigenvalue weighted by molar-refractivity contribution is -0.121. The highest BCUT2D eigenvalue weighted by Gasteiger charge is 2.39. The van der Waals surface area contributed by atoms with Crippen molar-refractivity contribution >= 4 is 28.3 Å². The fourth-order valence-corrected chi connectivity index (χ4v) is 5.15. The Morgan fingerprint density at radius 1 is 1.17 bits per heavy atom. The molecule has 2 aromatic rings. The number of aliphatic hydroxyl groups is 2. The molecule has 3 rings (SSSR count). The molecule has 1 saturated carbocycles. The fraction of sp³-hybridized carbons (Fsp3) is 0.567. The van der Waals surface area contributed by atoms with Gasteiger partial charge in [-0.3, -0.25) is 14.6 Å². The van der Waals surface area contributed by atoms with Gasteiger partial charge in [-0.2, -0.15) is 0 Å². The van der Waals surface area contributed by atoms with Crippen LogP contribution < -0.4 is 5.32 Å². The van der Waals surface area contributed by atoms with E-state index in [1.807, 2.05) is 42.5 Å². The maximum Gasteiger partial charge on any atom is 0.224 e. The zero-order valence-corrected chi connectivity index (χ0v) is 21.6. The monoisotopic (exact) mass is 494 g/mol. The van der Waals surface area contributed by atoms with Crippen molar-refractivity contribution in [2.24, 2.45) is 17.8 Å². The highest BCUT2D eigenvalue weighted by atomic mass is 16.3. The van der Waals surface area contributed by atoms with E-state index in [1.165, 1.54) is 0 Å². The van der Waals surface area contributed by atoms with Gasteiger partial charge < -0.3 is 15.5 Å². The quantitative estimate of drug-likeness (QED) is 0.214. The molecule has 3 N–H and O–H groups in total. The van der Waals surface area contributed by atoms with Crippen LogP contribution in [0.4, 0.5) is 5.69 Å². The molecule has 0 spiro atoms. The van der Waals surface area contributed by atoms with Crippen LogP contribution in [0.2, 0.25) is 0 Å². The van der Waals surface area contributed by atoms with Crippen LogP contribution in [0.5, 0.6) is 0 Å². The van der Waals surface area contributed by atoms with Crippen LogP contribution in [0.3, 0.4) is 0 Å². The maximum atomic E-state index is 12.5. The predicted molar refractivity (Wildman–Crippen MR) is 145 cm³/mol. The molecule has 6 heteroatoms. The Labute approximate surface area is 215 Å². The van der Waals surface area contributed by atoms with Crippen molar-refractivity contribution in [1.82, 2.24) is 4.98 Å². The third-order valence-corrected chi connectivity index (χ3v) is 7.31. The number of anilines is 1. The number of nitrogens with zero attached hydrogens (tertiary/aromatic N) is 1. The lowest BCUT2D eigenvalue weighted by Gasteiger charge is -2.18. The van der Waals surface area contributed by atoms with Gasteiger partial charge in [-0.05, 0) is 43.4 Å². The molecule has 1 fully saturated rings. The second-order valence-electron chi connectivity index (χ2n) is 10.2. The number of ketones is 1. The maximum absolute atomic E-state index is 12.5. The van der Waals surface area contributed by atoms with E-state index in [2.05, 4.69) is 17.2 Å². The van der Waals surface area contributed by atoms with Gasteiger partial charge in [0.2, 0.25) is 5.91 Å². The van der Waals surface area contributed by atoms with Crippen LogP contribution in [0.25, 0.3) is 10.9 Å². The molecule has 1 aliphatic carbocycles. The molecule has 4 atom stereocenters. The Bertz CT molecular complexity index is 1010. The van der Waals surface area contributed by atoms with Gasteiger partial charge in [0.1, 0.15) is 5.78 Å². The van der Waals surface area contributed by atoms with Gasteiger partial charge in [0.25, 0.3) is 0 Å². The summed E-state index contributed by atoms with van der Waals surface area (Å²) in [6.07, 6.45) is 14.5. The van der Waals surface area contributed by atoms with Crippen molar-refractivity contribution in [1.29, 1.82) is 0 Å². The fourth-order valence-electron chi connectivity index (χ4n) is 5.15. The number of aromatic nitrogens is 1. The summed E-state index contributed by atoms with van der Waals surface area (Å²) in [5.41, 5.74) is 1.62. The van der Waals surface area contributed by atoms with E-state index in [1.54, 1.807) is 6.20 Å². The number of Topliss-reactive ketones (excluding diaryl/α,β-unsaturated/α-hetero) is 1. The van der Waals surface area contributed by atoms with Gasteiger partial charge in [0.05, 0.1) is 11.6 Å². The minimum Gasteiger partial charge on any atom is -0.396 e. The number of fused-ring (bicyclic) bond motifs is 1. The minimum absolute atomic E-state index is 0.00181. The topological polar surface area (TPSA) is 99.5 Å². The summed E-state index contributed by atoms with van der Waals surface area (Å²) < 4.78 is 0. The molecular weight excluding hydrogens is 452 g/mol. The normalized spacial score (nSPS) is 20.9. The van der Waals surface area contributed by atoms with E-state index < -0.39 is 6.10 Å². The lowest BCUT2D eigenvalue weighted by Crippen LogP contribution is -2.19. The summed E-state index contributed by atoms with van der Waals surface area (Å²) in [6.45, 7) is 2.26. The van der Waals surface area contributed by atoms with Gasteiger partial charge >= 0.3 is 0 Å². The first kappa shape index (κ1) is 28.0. The number of amides is 1. The molecule has 0 unspecified atom stereocenters. The summed E-state index contributed by atoms with van der Waals surface area (Å²) in [5.74, 6) is -0.0528. The Morgan fingerprint density at radius 2 is 2.00 bits per heavy atom. The standard InChI is InChI=1S/C30H42N2O4/c1-2-3-6-10-22(21-33)14-17-26-25(28(34)20-29(26)35)12-7-4-5-8-13-30(36)32-24-16-15-23-11-9-18-31-27(23)19-24/h9,11,14-19,22,25-26,29,33,35H,2-8,10,12-13,20-21H2,1H3,(H,32,36)/b17-14+/t22-,25+,26+,29+/m0/s1. The number of carbonyl (C=O) groups is 2. The summed E-state index contributed by atoms with van der Waals surface area (Å²) in [4.78, 5) is 29.1. The van der Waals surface area contributed by atoms with Crippen LogP contribution in [0.1, 0.15) is 77.6 Å². The van der Waals surface area contributed by atoms with E-state index >= 15 is 0 Å². The summed E-state index contributed by atoms with van der Waals surface area (Å²) in [7, 11) is 0. The van der Waals surface area contributed by atoms with E-state index in [0.717, 1.165) is 74.4 Å². The summed E-state index contributed by atoms with van der Waals surface area (Å²) >= 11 is 0. The molecule has 1 amide bonds. The molecule has 6 nitrogen and oxygen atoms in total. The molecule has 0 bridgehead atoms. The third-order valence-electron chi connectivity index (χ3n) is 7.31. The van der Waals surface area contributed by atoms with Crippen LogP contribution in [0.15, 0.2) is 48.7 Å². The van der Waals surface area contributed by atoms with Crippen LogP contribution in [-0.4, -0.2) is 39.6 Å². The smallest absolute Gasteiger partial charge is 0.224 e. The number of aliphatic hydroxyl groups excluding tert-OH is 2. The molecule has 1 aromatic carbocycles. The Kier molecular flexibility index (Phi) is 11.6. The van der Waals surface area contributed by atoms with Crippen LogP contribution >= 0.6 is 0 Å². The highest BCUT2D eigenvalue weighted by Crippen LogP contribution is 2.34. The van der Waals surface area contributed by atoms with E-state index in [0.29, 0.717) is 6.42 Å². The molecular formula is C30H42N2O4. The number of hydrogen-bond donors (Lipinski definition) is 3. The van der Waals surface area contributed by atoms with Gasteiger partial charge in [-0.15, -0.1) is 0 Å². The van der Waals surface area contributed by atoms with Gasteiger partial charge in [-0.25, -0.2) is 0 Å².